The number of anilines is 1. The van der Waals surface area contributed by atoms with E-state index >= 15 is 0 Å². The van der Waals surface area contributed by atoms with Crippen molar-refractivity contribution in [1.29, 1.82) is 0 Å². The molecule has 0 aliphatic rings. The van der Waals surface area contributed by atoms with Crippen LogP contribution in [0.4, 0.5) is 32.4 Å². The molecule has 1 aromatic carbocycles. The van der Waals surface area contributed by atoms with Crippen LogP contribution in [0.2, 0.25) is 5.02 Å². The quantitative estimate of drug-likeness (QED) is 0.852. The van der Waals surface area contributed by atoms with E-state index in [1.807, 2.05) is 5.32 Å². The van der Waals surface area contributed by atoms with Crippen LogP contribution in [0, 0.1) is 0 Å². The topological polar surface area (TPSA) is 47.6 Å². The van der Waals surface area contributed by atoms with Crippen LogP contribution in [0.15, 0.2) is 18.2 Å². The zero-order valence-corrected chi connectivity index (χ0v) is 10.3. The maximum Gasteiger partial charge on any atom is 0.422 e. The van der Waals surface area contributed by atoms with E-state index in [0.29, 0.717) is 0 Å². The summed E-state index contributed by atoms with van der Waals surface area (Å²) in [5, 5.41) is 1.70. The van der Waals surface area contributed by atoms with Gasteiger partial charge in [0.1, 0.15) is 5.75 Å². The number of ether oxygens (including phenoxy) is 2. The molecule has 0 aliphatic carbocycles. The monoisotopic (exact) mass is 319 g/mol. The van der Waals surface area contributed by atoms with Crippen molar-refractivity contribution in [1.82, 2.24) is 0 Å². The normalized spacial score (nSPS) is 11.3. The lowest BCUT2D eigenvalue weighted by Gasteiger charge is -2.11. The van der Waals surface area contributed by atoms with Gasteiger partial charge in [-0.1, -0.05) is 11.6 Å². The van der Waals surface area contributed by atoms with Crippen LogP contribution >= 0.6 is 11.6 Å². The van der Waals surface area contributed by atoms with Crippen molar-refractivity contribution in [2.75, 3.05) is 11.9 Å². The molecule has 112 valence electrons. The van der Waals surface area contributed by atoms with Gasteiger partial charge >= 0.3 is 18.9 Å². The van der Waals surface area contributed by atoms with Crippen LogP contribution in [0.25, 0.3) is 0 Å². The third kappa shape index (κ3) is 5.91. The summed E-state index contributed by atoms with van der Waals surface area (Å²) in [6.45, 7) is -4.83. The molecule has 0 atom stereocenters. The second kappa shape index (κ2) is 6.60. The molecular weight excluding hydrogens is 313 g/mol. The molecule has 0 bridgehead atoms. The molecule has 20 heavy (non-hydrogen) atoms. The minimum atomic E-state index is -4.65. The van der Waals surface area contributed by atoms with Gasteiger partial charge in [0.2, 0.25) is 0 Å². The first-order valence-electron chi connectivity index (χ1n) is 4.92. The van der Waals surface area contributed by atoms with Crippen molar-refractivity contribution in [3.63, 3.8) is 0 Å². The summed E-state index contributed by atoms with van der Waals surface area (Å²) in [4.78, 5) is 11.0. The highest BCUT2D eigenvalue weighted by Gasteiger charge is 2.29. The first-order chi connectivity index (χ1) is 9.17. The number of rotatable bonds is 4. The van der Waals surface area contributed by atoms with Crippen molar-refractivity contribution < 1.29 is 36.2 Å². The van der Waals surface area contributed by atoms with E-state index in [-0.39, 0.29) is 16.5 Å². The van der Waals surface area contributed by atoms with Gasteiger partial charge in [0.05, 0.1) is 5.02 Å². The van der Waals surface area contributed by atoms with Gasteiger partial charge in [-0.25, -0.2) is 4.79 Å². The Morgan fingerprint density at radius 1 is 1.35 bits per heavy atom. The van der Waals surface area contributed by atoms with Crippen molar-refractivity contribution in [3.05, 3.63) is 23.2 Å². The van der Waals surface area contributed by atoms with Crippen molar-refractivity contribution >= 4 is 23.4 Å². The zero-order chi connectivity index (χ0) is 15.3. The number of hydrogen-bond donors (Lipinski definition) is 1. The van der Waals surface area contributed by atoms with Crippen LogP contribution < -0.4 is 10.1 Å². The molecule has 0 fully saturated rings. The molecule has 0 unspecified atom stereocenters. The number of carbonyl (C=O) groups excluding carboxylic acids is 1. The third-order valence-electron chi connectivity index (χ3n) is 1.76. The molecule has 0 aliphatic heterocycles. The van der Waals surface area contributed by atoms with Gasteiger partial charge in [-0.15, -0.1) is 0 Å². The van der Waals surface area contributed by atoms with Crippen molar-refractivity contribution in [3.8, 4) is 5.75 Å². The fourth-order valence-electron chi connectivity index (χ4n) is 1.07. The Labute approximate surface area is 114 Å². The first-order valence-corrected chi connectivity index (χ1v) is 5.30. The molecule has 1 aromatic rings. The fourth-order valence-corrected chi connectivity index (χ4v) is 1.30. The Hall–Kier alpha value is -1.77. The predicted molar refractivity (Wildman–Crippen MR) is 59.1 cm³/mol. The smallest absolute Gasteiger partial charge is 0.422 e. The maximum absolute atomic E-state index is 11.9. The lowest BCUT2D eigenvalue weighted by Crippen LogP contribution is -2.23. The van der Waals surface area contributed by atoms with E-state index in [1.54, 1.807) is 0 Å². The molecule has 0 aromatic heterocycles. The van der Waals surface area contributed by atoms with E-state index in [9.17, 15) is 26.7 Å². The minimum Gasteiger partial charge on any atom is -0.440 e. The Bertz CT molecular complexity index is 480. The van der Waals surface area contributed by atoms with Crippen molar-refractivity contribution in [2.45, 2.75) is 12.8 Å². The fraction of sp³-hybridized carbons (Fsp3) is 0.300. The molecule has 0 heterocycles. The highest BCUT2D eigenvalue weighted by atomic mass is 35.5. The number of nitrogens with one attached hydrogen (secondary N) is 1. The maximum atomic E-state index is 11.9. The van der Waals surface area contributed by atoms with Crippen molar-refractivity contribution in [2.24, 2.45) is 0 Å². The molecule has 0 radical (unpaired) electrons. The van der Waals surface area contributed by atoms with Crippen LogP contribution in [0.5, 0.6) is 5.75 Å². The summed E-state index contributed by atoms with van der Waals surface area (Å²) in [5.74, 6) is -0.337. The van der Waals surface area contributed by atoms with E-state index in [1.165, 1.54) is 0 Å². The molecule has 0 saturated heterocycles. The standard InChI is InChI=1S/C10H7ClF5NO3/c11-6-3-5(1-2-7(6)20-8(12)13)17-9(18)19-4-10(14,15)16/h1-3,8H,4H2,(H,17,18). The van der Waals surface area contributed by atoms with Crippen LogP contribution in [-0.4, -0.2) is 25.5 Å². The average molecular weight is 320 g/mol. The number of benzene rings is 1. The summed E-state index contributed by atoms with van der Waals surface area (Å²) >= 11 is 5.58. The minimum absolute atomic E-state index is 0.0382. The number of amides is 1. The van der Waals surface area contributed by atoms with E-state index in [4.69, 9.17) is 11.6 Å². The second-order valence-corrected chi connectivity index (χ2v) is 3.75. The van der Waals surface area contributed by atoms with Gasteiger partial charge in [-0.05, 0) is 18.2 Å². The molecule has 0 spiro atoms. The van der Waals surface area contributed by atoms with Gasteiger partial charge in [-0.3, -0.25) is 5.32 Å². The van der Waals surface area contributed by atoms with Crippen LogP contribution in [0.3, 0.4) is 0 Å². The van der Waals surface area contributed by atoms with Gasteiger partial charge in [0.25, 0.3) is 0 Å². The molecular formula is C10H7ClF5NO3. The number of halogens is 6. The Balaban J connectivity index is 2.60. The lowest BCUT2D eigenvalue weighted by molar-refractivity contribution is -0.159. The Kier molecular flexibility index (Phi) is 5.37. The molecule has 1 N–H and O–H groups in total. The summed E-state index contributed by atoms with van der Waals surface area (Å²) in [6, 6.07) is 3.15. The van der Waals surface area contributed by atoms with Gasteiger partial charge in [-0.2, -0.15) is 22.0 Å². The Morgan fingerprint density at radius 2 is 2.00 bits per heavy atom. The zero-order valence-electron chi connectivity index (χ0n) is 9.51. The third-order valence-corrected chi connectivity index (χ3v) is 2.06. The molecule has 10 heteroatoms. The van der Waals surface area contributed by atoms with Gasteiger partial charge < -0.3 is 9.47 Å². The summed E-state index contributed by atoms with van der Waals surface area (Å²) in [6.07, 6.45) is -6.01. The highest BCUT2D eigenvalue weighted by Crippen LogP contribution is 2.29. The molecule has 1 amide bonds. The van der Waals surface area contributed by atoms with Crippen LogP contribution in [0.1, 0.15) is 0 Å². The number of hydrogen-bond acceptors (Lipinski definition) is 3. The molecule has 0 saturated carbocycles. The number of alkyl halides is 5. The highest BCUT2D eigenvalue weighted by molar-refractivity contribution is 6.32. The average Bonchev–Trinajstić information content (AvgIpc) is 2.29. The SMILES string of the molecule is O=C(Nc1ccc(OC(F)F)c(Cl)c1)OCC(F)(F)F. The van der Waals surface area contributed by atoms with E-state index < -0.39 is 25.5 Å². The largest absolute Gasteiger partial charge is 0.440 e. The second-order valence-electron chi connectivity index (χ2n) is 3.34. The number of carbonyl (C=O) groups is 1. The Morgan fingerprint density at radius 3 is 2.50 bits per heavy atom. The predicted octanol–water partition coefficient (Wildman–Crippen LogP) is 4.05. The summed E-state index contributed by atoms with van der Waals surface area (Å²) < 4.78 is 67.1. The first kappa shape index (κ1) is 16.3. The van der Waals surface area contributed by atoms with Gasteiger partial charge in [0, 0.05) is 5.69 Å². The molecule has 4 nitrogen and oxygen atoms in total. The van der Waals surface area contributed by atoms with Crippen LogP contribution in [-0.2, 0) is 4.74 Å². The summed E-state index contributed by atoms with van der Waals surface area (Å²) in [5.41, 5.74) is -0.0382. The van der Waals surface area contributed by atoms with Gasteiger partial charge in [0.15, 0.2) is 6.61 Å². The summed E-state index contributed by atoms with van der Waals surface area (Å²) in [7, 11) is 0. The van der Waals surface area contributed by atoms with E-state index in [2.05, 4.69) is 9.47 Å². The van der Waals surface area contributed by atoms with E-state index in [0.717, 1.165) is 18.2 Å². The lowest BCUT2D eigenvalue weighted by atomic mass is 10.3. The molecule has 1 rings (SSSR count).